The van der Waals surface area contributed by atoms with E-state index in [1.54, 1.807) is 43.5 Å². The highest BCUT2D eigenvalue weighted by atomic mass is 16.5. The molecule has 0 saturated heterocycles. The number of rotatable bonds is 4. The van der Waals surface area contributed by atoms with Crippen molar-refractivity contribution in [3.63, 3.8) is 0 Å². The summed E-state index contributed by atoms with van der Waals surface area (Å²) in [5.74, 6) is 0.00617. The standard InChI is InChI=1S/C17H13NO4/c1-21-13-9-5-8-12(10-13)16-18-14(17(19)20)15(22-16)11-6-3-2-4-7-11/h2-10H,1H3,(H,19,20). The molecule has 5 heteroatoms. The van der Waals surface area contributed by atoms with Crippen molar-refractivity contribution < 1.29 is 19.1 Å². The fourth-order valence-corrected chi connectivity index (χ4v) is 2.13. The van der Waals surface area contributed by atoms with Crippen molar-refractivity contribution in [1.82, 2.24) is 4.98 Å². The molecule has 0 unspecified atom stereocenters. The van der Waals surface area contributed by atoms with Gasteiger partial charge in [0.05, 0.1) is 7.11 Å². The van der Waals surface area contributed by atoms with Crippen molar-refractivity contribution >= 4 is 5.97 Å². The van der Waals surface area contributed by atoms with Crippen molar-refractivity contribution in [3.8, 4) is 28.5 Å². The Balaban J connectivity index is 2.13. The number of aromatic carboxylic acids is 1. The van der Waals surface area contributed by atoms with Crippen LogP contribution in [0.2, 0.25) is 0 Å². The summed E-state index contributed by atoms with van der Waals surface area (Å²) in [7, 11) is 1.56. The number of oxazole rings is 1. The summed E-state index contributed by atoms with van der Waals surface area (Å²) >= 11 is 0. The van der Waals surface area contributed by atoms with E-state index in [9.17, 15) is 9.90 Å². The molecule has 0 spiro atoms. The summed E-state index contributed by atoms with van der Waals surface area (Å²) in [6.45, 7) is 0. The number of hydrogen-bond acceptors (Lipinski definition) is 4. The summed E-state index contributed by atoms with van der Waals surface area (Å²) in [5.41, 5.74) is 1.22. The number of aromatic nitrogens is 1. The molecule has 0 aliphatic heterocycles. The highest BCUT2D eigenvalue weighted by Gasteiger charge is 2.21. The van der Waals surface area contributed by atoms with E-state index in [0.717, 1.165) is 0 Å². The van der Waals surface area contributed by atoms with Crippen LogP contribution in [-0.4, -0.2) is 23.2 Å². The SMILES string of the molecule is COc1cccc(-c2nc(C(=O)O)c(-c3ccccc3)o2)c1. The topological polar surface area (TPSA) is 72.6 Å². The van der Waals surface area contributed by atoms with Gasteiger partial charge in [0.1, 0.15) is 5.75 Å². The van der Waals surface area contributed by atoms with Crippen LogP contribution in [0, 0.1) is 0 Å². The fraction of sp³-hybridized carbons (Fsp3) is 0.0588. The normalized spacial score (nSPS) is 10.4. The van der Waals surface area contributed by atoms with Crippen molar-refractivity contribution in [1.29, 1.82) is 0 Å². The van der Waals surface area contributed by atoms with E-state index in [1.165, 1.54) is 0 Å². The molecule has 0 atom stereocenters. The molecule has 1 N–H and O–H groups in total. The van der Waals surface area contributed by atoms with E-state index in [-0.39, 0.29) is 17.3 Å². The van der Waals surface area contributed by atoms with Gasteiger partial charge in [-0.1, -0.05) is 36.4 Å². The predicted molar refractivity (Wildman–Crippen MR) is 80.9 cm³/mol. The van der Waals surface area contributed by atoms with Gasteiger partial charge in [0.2, 0.25) is 5.89 Å². The fourth-order valence-electron chi connectivity index (χ4n) is 2.13. The Morgan fingerprint density at radius 3 is 2.50 bits per heavy atom. The largest absolute Gasteiger partial charge is 0.497 e. The smallest absolute Gasteiger partial charge is 0.358 e. The van der Waals surface area contributed by atoms with Gasteiger partial charge in [-0.3, -0.25) is 0 Å². The lowest BCUT2D eigenvalue weighted by molar-refractivity contribution is 0.0691. The first kappa shape index (κ1) is 13.9. The van der Waals surface area contributed by atoms with E-state index < -0.39 is 5.97 Å². The van der Waals surface area contributed by atoms with Gasteiger partial charge in [-0.05, 0) is 18.2 Å². The van der Waals surface area contributed by atoms with Crippen LogP contribution in [0.3, 0.4) is 0 Å². The van der Waals surface area contributed by atoms with Crippen LogP contribution in [0.15, 0.2) is 59.0 Å². The first-order valence-corrected chi connectivity index (χ1v) is 6.63. The lowest BCUT2D eigenvalue weighted by Crippen LogP contribution is -1.98. The second-order valence-corrected chi connectivity index (χ2v) is 4.60. The van der Waals surface area contributed by atoms with E-state index in [0.29, 0.717) is 16.9 Å². The predicted octanol–water partition coefficient (Wildman–Crippen LogP) is 3.72. The maximum atomic E-state index is 11.4. The molecule has 0 aliphatic carbocycles. The molecular weight excluding hydrogens is 282 g/mol. The third kappa shape index (κ3) is 2.56. The number of hydrogen-bond donors (Lipinski definition) is 1. The molecule has 5 nitrogen and oxygen atoms in total. The first-order chi connectivity index (χ1) is 10.7. The summed E-state index contributed by atoms with van der Waals surface area (Å²) in [5, 5.41) is 9.34. The average molecular weight is 295 g/mol. The molecule has 3 aromatic rings. The lowest BCUT2D eigenvalue weighted by Gasteiger charge is -2.00. The van der Waals surface area contributed by atoms with Gasteiger partial charge < -0.3 is 14.3 Å². The molecule has 0 amide bonds. The van der Waals surface area contributed by atoms with Gasteiger partial charge in [-0.25, -0.2) is 9.78 Å². The first-order valence-electron chi connectivity index (χ1n) is 6.63. The maximum absolute atomic E-state index is 11.4. The number of carbonyl (C=O) groups is 1. The average Bonchev–Trinajstić information content (AvgIpc) is 3.01. The van der Waals surface area contributed by atoms with Crippen LogP contribution >= 0.6 is 0 Å². The summed E-state index contributed by atoms with van der Waals surface area (Å²) < 4.78 is 10.9. The van der Waals surface area contributed by atoms with Crippen molar-refractivity contribution in [2.75, 3.05) is 7.11 Å². The molecule has 22 heavy (non-hydrogen) atoms. The lowest BCUT2D eigenvalue weighted by atomic mass is 10.1. The van der Waals surface area contributed by atoms with E-state index in [1.807, 2.05) is 18.2 Å². The zero-order valence-electron chi connectivity index (χ0n) is 11.8. The second kappa shape index (κ2) is 5.73. The number of carboxylic acids is 1. The highest BCUT2D eigenvalue weighted by molar-refractivity contribution is 5.93. The van der Waals surface area contributed by atoms with Crippen molar-refractivity contribution in [2.24, 2.45) is 0 Å². The minimum absolute atomic E-state index is 0.107. The number of methoxy groups -OCH3 is 1. The third-order valence-electron chi connectivity index (χ3n) is 3.18. The molecule has 1 aromatic heterocycles. The number of ether oxygens (including phenoxy) is 1. The molecular formula is C17H13NO4. The minimum Gasteiger partial charge on any atom is -0.497 e. The third-order valence-corrected chi connectivity index (χ3v) is 3.18. The monoisotopic (exact) mass is 295 g/mol. The zero-order chi connectivity index (χ0) is 15.5. The number of nitrogens with zero attached hydrogens (tertiary/aromatic N) is 1. The molecule has 0 radical (unpaired) electrons. The van der Waals surface area contributed by atoms with Crippen molar-refractivity contribution in [2.45, 2.75) is 0 Å². The van der Waals surface area contributed by atoms with Gasteiger partial charge in [-0.15, -0.1) is 0 Å². The molecule has 0 saturated carbocycles. The number of benzene rings is 2. The van der Waals surface area contributed by atoms with Gasteiger partial charge in [0, 0.05) is 11.1 Å². The Kier molecular flexibility index (Phi) is 3.62. The van der Waals surface area contributed by atoms with Crippen LogP contribution in [0.5, 0.6) is 5.75 Å². The van der Waals surface area contributed by atoms with Crippen LogP contribution in [0.4, 0.5) is 0 Å². The van der Waals surface area contributed by atoms with Gasteiger partial charge in [-0.2, -0.15) is 0 Å². The molecule has 0 fully saturated rings. The van der Waals surface area contributed by atoms with E-state index in [4.69, 9.17) is 9.15 Å². The van der Waals surface area contributed by atoms with Crippen LogP contribution < -0.4 is 4.74 Å². The Labute approximate surface area is 126 Å². The highest BCUT2D eigenvalue weighted by Crippen LogP contribution is 2.31. The maximum Gasteiger partial charge on any atom is 0.358 e. The molecule has 0 aliphatic rings. The summed E-state index contributed by atoms with van der Waals surface area (Å²) in [6, 6.07) is 16.2. The zero-order valence-corrected chi connectivity index (χ0v) is 11.8. The molecule has 0 bridgehead atoms. The molecule has 3 rings (SSSR count). The Bertz CT molecular complexity index is 809. The van der Waals surface area contributed by atoms with E-state index in [2.05, 4.69) is 4.98 Å². The van der Waals surface area contributed by atoms with Crippen molar-refractivity contribution in [3.05, 3.63) is 60.3 Å². The molecule has 110 valence electrons. The number of carboxylic acid groups (broad SMARTS) is 1. The van der Waals surface area contributed by atoms with Gasteiger partial charge in [0.15, 0.2) is 11.5 Å². The van der Waals surface area contributed by atoms with Crippen LogP contribution in [0.1, 0.15) is 10.5 Å². The van der Waals surface area contributed by atoms with Gasteiger partial charge in [0.25, 0.3) is 0 Å². The summed E-state index contributed by atoms with van der Waals surface area (Å²) in [4.78, 5) is 15.5. The quantitative estimate of drug-likeness (QED) is 0.794. The Morgan fingerprint density at radius 1 is 1.09 bits per heavy atom. The Hall–Kier alpha value is -3.08. The second-order valence-electron chi connectivity index (χ2n) is 4.60. The minimum atomic E-state index is -1.13. The molecule has 1 heterocycles. The van der Waals surface area contributed by atoms with E-state index >= 15 is 0 Å². The van der Waals surface area contributed by atoms with Crippen LogP contribution in [-0.2, 0) is 0 Å². The summed E-state index contributed by atoms with van der Waals surface area (Å²) in [6.07, 6.45) is 0. The molecule has 2 aromatic carbocycles. The van der Waals surface area contributed by atoms with Crippen LogP contribution in [0.25, 0.3) is 22.8 Å². The van der Waals surface area contributed by atoms with Gasteiger partial charge >= 0.3 is 5.97 Å². The Morgan fingerprint density at radius 2 is 1.82 bits per heavy atom.